The monoisotopic (exact) mass is 567 g/mol. The van der Waals surface area contributed by atoms with Crippen LogP contribution in [0.3, 0.4) is 0 Å². The molecule has 10 nitrogen and oxygen atoms in total. The lowest BCUT2D eigenvalue weighted by Crippen LogP contribution is -2.53. The number of imidazole rings is 1. The molecule has 42 heavy (non-hydrogen) atoms. The lowest BCUT2D eigenvalue weighted by Gasteiger charge is -2.21. The molecule has 1 unspecified atom stereocenters. The number of carboxylic acids is 1. The van der Waals surface area contributed by atoms with Gasteiger partial charge in [0.05, 0.1) is 6.33 Å². The summed E-state index contributed by atoms with van der Waals surface area (Å²) in [5.41, 5.74) is 11.4. The fourth-order valence-corrected chi connectivity index (χ4v) is 4.53. The van der Waals surface area contributed by atoms with E-state index in [0.717, 1.165) is 27.8 Å². The first kappa shape index (κ1) is 29.7. The number of aryl methyl sites for hydroxylation is 1. The van der Waals surface area contributed by atoms with Gasteiger partial charge in [-0.3, -0.25) is 19.2 Å². The predicted molar refractivity (Wildman–Crippen MR) is 158 cm³/mol. The molecular weight excluding hydrogens is 534 g/mol. The molecule has 0 spiro atoms. The van der Waals surface area contributed by atoms with E-state index >= 15 is 0 Å². The van der Waals surface area contributed by atoms with Gasteiger partial charge in [-0.25, -0.2) is 4.98 Å². The van der Waals surface area contributed by atoms with Gasteiger partial charge in [-0.2, -0.15) is 0 Å². The minimum Gasteiger partial charge on any atom is -0.481 e. The molecule has 0 aliphatic heterocycles. The molecule has 10 heteroatoms. The van der Waals surface area contributed by atoms with Crippen molar-refractivity contribution in [2.75, 3.05) is 0 Å². The number of H-pyrrole nitrogens is 1. The summed E-state index contributed by atoms with van der Waals surface area (Å²) in [6.45, 7) is 0. The number of hydrogen-bond acceptors (Lipinski definition) is 5. The molecule has 0 aliphatic rings. The maximum Gasteiger partial charge on any atom is 0.303 e. The lowest BCUT2D eigenvalue weighted by molar-refractivity contribution is -0.137. The van der Waals surface area contributed by atoms with Gasteiger partial charge in [0, 0.05) is 31.2 Å². The van der Waals surface area contributed by atoms with Gasteiger partial charge >= 0.3 is 5.97 Å². The minimum absolute atomic E-state index is 0.0970. The number of carbonyl (C=O) groups is 4. The van der Waals surface area contributed by atoms with Crippen LogP contribution in [0, 0.1) is 0 Å². The summed E-state index contributed by atoms with van der Waals surface area (Å²) in [6, 6.07) is 24.3. The Morgan fingerprint density at radius 2 is 1.38 bits per heavy atom. The fourth-order valence-electron chi connectivity index (χ4n) is 4.53. The molecule has 0 fully saturated rings. The van der Waals surface area contributed by atoms with E-state index in [-0.39, 0.29) is 31.6 Å². The summed E-state index contributed by atoms with van der Waals surface area (Å²) in [6.07, 6.45) is 3.17. The number of carbonyl (C=O) groups excluding carboxylic acids is 3. The highest BCUT2D eigenvalue weighted by atomic mass is 16.4. The van der Waals surface area contributed by atoms with E-state index in [1.807, 2.05) is 42.5 Å². The number of nitrogens with one attached hydrogen (secondary N) is 3. The van der Waals surface area contributed by atoms with Crippen LogP contribution in [0.1, 0.15) is 30.5 Å². The van der Waals surface area contributed by atoms with E-state index < -0.39 is 29.9 Å². The smallest absolute Gasteiger partial charge is 0.303 e. The third-order valence-electron chi connectivity index (χ3n) is 6.86. The summed E-state index contributed by atoms with van der Waals surface area (Å²) in [5.74, 6) is -2.97. The summed E-state index contributed by atoms with van der Waals surface area (Å²) in [4.78, 5) is 55.3. The van der Waals surface area contributed by atoms with Crippen molar-refractivity contribution < 1.29 is 24.3 Å². The van der Waals surface area contributed by atoms with Crippen LogP contribution in [0.2, 0.25) is 0 Å². The first-order chi connectivity index (χ1) is 20.3. The minimum atomic E-state index is -1.18. The molecule has 0 radical (unpaired) electrons. The number of aromatic amines is 1. The highest BCUT2D eigenvalue weighted by Crippen LogP contribution is 2.25. The van der Waals surface area contributed by atoms with Gasteiger partial charge in [0.2, 0.25) is 17.7 Å². The van der Waals surface area contributed by atoms with Crippen molar-refractivity contribution in [2.45, 2.75) is 44.2 Å². The zero-order valence-corrected chi connectivity index (χ0v) is 23.0. The van der Waals surface area contributed by atoms with Crippen molar-refractivity contribution in [3.63, 3.8) is 0 Å². The van der Waals surface area contributed by atoms with Crippen molar-refractivity contribution in [1.29, 1.82) is 0 Å². The van der Waals surface area contributed by atoms with Crippen LogP contribution in [0.25, 0.3) is 22.3 Å². The zero-order valence-electron chi connectivity index (χ0n) is 23.0. The van der Waals surface area contributed by atoms with Crippen molar-refractivity contribution in [3.05, 3.63) is 103 Å². The van der Waals surface area contributed by atoms with Gasteiger partial charge in [-0.15, -0.1) is 0 Å². The molecule has 4 rings (SSSR count). The van der Waals surface area contributed by atoms with Crippen LogP contribution in [0.4, 0.5) is 0 Å². The molecule has 0 bridgehead atoms. The molecular formula is C32H33N5O5. The topological polar surface area (TPSA) is 167 Å². The normalized spacial score (nSPS) is 12.2. The highest BCUT2D eigenvalue weighted by molar-refractivity contribution is 5.92. The Bertz CT molecular complexity index is 1490. The zero-order chi connectivity index (χ0) is 29.9. The van der Waals surface area contributed by atoms with Crippen LogP contribution in [-0.2, 0) is 32.0 Å². The molecule has 0 saturated carbocycles. The number of rotatable bonds is 14. The van der Waals surface area contributed by atoms with Crippen LogP contribution in [0.5, 0.6) is 0 Å². The summed E-state index contributed by atoms with van der Waals surface area (Å²) < 4.78 is 0. The van der Waals surface area contributed by atoms with Gasteiger partial charge in [0.1, 0.15) is 12.1 Å². The maximum atomic E-state index is 13.0. The Morgan fingerprint density at radius 3 is 1.93 bits per heavy atom. The largest absolute Gasteiger partial charge is 0.481 e. The van der Waals surface area contributed by atoms with Crippen molar-refractivity contribution >= 4 is 23.7 Å². The van der Waals surface area contributed by atoms with Gasteiger partial charge in [-0.05, 0) is 40.7 Å². The van der Waals surface area contributed by atoms with E-state index in [1.54, 1.807) is 0 Å². The van der Waals surface area contributed by atoms with Crippen molar-refractivity contribution in [2.24, 2.45) is 5.73 Å². The first-order valence-corrected chi connectivity index (χ1v) is 13.6. The first-order valence-electron chi connectivity index (χ1n) is 13.6. The lowest BCUT2D eigenvalue weighted by atomic mass is 9.99. The highest BCUT2D eigenvalue weighted by Gasteiger charge is 2.26. The number of hydrogen-bond donors (Lipinski definition) is 5. The van der Waals surface area contributed by atoms with E-state index in [9.17, 15) is 19.2 Å². The number of primary amides is 1. The molecule has 3 amide bonds. The number of nitrogens with zero attached hydrogens (tertiary/aromatic N) is 1. The summed E-state index contributed by atoms with van der Waals surface area (Å²) in [5, 5.41) is 14.1. The molecule has 2 atom stereocenters. The van der Waals surface area contributed by atoms with Crippen LogP contribution in [-0.4, -0.2) is 50.8 Å². The molecule has 0 aliphatic carbocycles. The van der Waals surface area contributed by atoms with Crippen LogP contribution in [0.15, 0.2) is 91.4 Å². The molecule has 4 aromatic rings. The summed E-state index contributed by atoms with van der Waals surface area (Å²) in [7, 11) is 0. The van der Waals surface area contributed by atoms with Crippen LogP contribution >= 0.6 is 0 Å². The molecule has 1 aromatic heterocycles. The standard InChI is InChI=1S/C32H33N5O5/c33-31(41)27(15-17-30(39)40)37-32(42)28(18-26-19-34-20-35-26)36-29(38)16-8-21-6-9-23(10-7-21)25-13-11-24(12-14-25)22-4-2-1-3-5-22/h1-7,9-14,19-20,27-28H,8,15-18H2,(H2,33,41)(H,34,35)(H,36,38)(H,37,42)(H,39,40)/t27?,28-/m0/s1. The number of amides is 3. The van der Waals surface area contributed by atoms with Gasteiger partial charge in [-0.1, -0.05) is 78.9 Å². The quantitative estimate of drug-likeness (QED) is 0.157. The SMILES string of the molecule is NC(=O)C(CCC(=O)O)NC(=O)[C@H](Cc1cnc[nH]1)NC(=O)CCc1ccc(-c2ccc(-c3ccccc3)cc2)cc1. The Balaban J connectivity index is 1.34. The molecule has 6 N–H and O–H groups in total. The van der Waals surface area contributed by atoms with Gasteiger partial charge < -0.3 is 26.5 Å². The molecule has 0 saturated heterocycles. The molecule has 3 aromatic carbocycles. The van der Waals surface area contributed by atoms with E-state index in [2.05, 4.69) is 57.0 Å². The Labute approximate surface area is 243 Å². The van der Waals surface area contributed by atoms with Crippen molar-refractivity contribution in [3.8, 4) is 22.3 Å². The number of benzene rings is 3. The number of nitrogens with two attached hydrogens (primary N) is 1. The van der Waals surface area contributed by atoms with Gasteiger partial charge in [0.15, 0.2) is 0 Å². The maximum absolute atomic E-state index is 13.0. The van der Waals surface area contributed by atoms with Gasteiger partial charge in [0.25, 0.3) is 0 Å². The molecule has 216 valence electrons. The Hall–Kier alpha value is -5.25. The fraction of sp³-hybridized carbons (Fsp3) is 0.219. The number of aromatic nitrogens is 2. The number of carboxylic acid groups (broad SMARTS) is 1. The average molecular weight is 568 g/mol. The van der Waals surface area contributed by atoms with Crippen LogP contribution < -0.4 is 16.4 Å². The second kappa shape index (κ2) is 14.4. The van der Waals surface area contributed by atoms with E-state index in [4.69, 9.17) is 10.8 Å². The van der Waals surface area contributed by atoms with E-state index in [0.29, 0.717) is 12.1 Å². The Morgan fingerprint density at radius 1 is 0.786 bits per heavy atom. The number of aliphatic carboxylic acids is 1. The molecule has 1 heterocycles. The summed E-state index contributed by atoms with van der Waals surface area (Å²) >= 11 is 0. The van der Waals surface area contributed by atoms with E-state index in [1.165, 1.54) is 12.5 Å². The second-order valence-electron chi connectivity index (χ2n) is 9.94. The predicted octanol–water partition coefficient (Wildman–Crippen LogP) is 3.24. The third kappa shape index (κ3) is 8.62. The third-order valence-corrected chi connectivity index (χ3v) is 6.86. The average Bonchev–Trinajstić information content (AvgIpc) is 3.51. The Kier molecular flexibility index (Phi) is 10.2. The van der Waals surface area contributed by atoms with Crippen molar-refractivity contribution in [1.82, 2.24) is 20.6 Å². The second-order valence-corrected chi connectivity index (χ2v) is 9.94.